The molecule has 0 aliphatic carbocycles. The first kappa shape index (κ1) is 27.3. The first-order valence-electron chi connectivity index (χ1n) is 10.7. The molecule has 0 radical (unpaired) electrons. The number of rotatable bonds is 9. The quantitative estimate of drug-likeness (QED) is 0.200. The second-order valence-electron chi connectivity index (χ2n) is 7.58. The summed E-state index contributed by atoms with van der Waals surface area (Å²) in [5.41, 5.74) is 5.09. The molecule has 0 unspecified atom stereocenters. The largest absolute Gasteiger partial charge is 0.486 e. The van der Waals surface area contributed by atoms with E-state index in [-0.39, 0.29) is 13.2 Å². The first-order chi connectivity index (χ1) is 17.4. The lowest BCUT2D eigenvalue weighted by Crippen LogP contribution is -2.24. The Hall–Kier alpha value is -1.74. The predicted molar refractivity (Wildman–Crippen MR) is 153 cm³/mol. The van der Waals surface area contributed by atoms with Crippen LogP contribution in [0.4, 0.5) is 0 Å². The van der Waals surface area contributed by atoms with Gasteiger partial charge in [-0.1, -0.05) is 64.6 Å². The van der Waals surface area contributed by atoms with Crippen molar-refractivity contribution in [2.75, 3.05) is 18.1 Å². The minimum Gasteiger partial charge on any atom is -0.486 e. The van der Waals surface area contributed by atoms with Crippen LogP contribution in [0.25, 0.3) is 0 Å². The van der Waals surface area contributed by atoms with Crippen molar-refractivity contribution < 1.29 is 14.3 Å². The van der Waals surface area contributed by atoms with Crippen molar-refractivity contribution in [3.63, 3.8) is 0 Å². The average Bonchev–Trinajstić information content (AvgIpc) is 3.40. The third-order valence-electron chi connectivity index (χ3n) is 4.93. The van der Waals surface area contributed by atoms with Crippen molar-refractivity contribution in [3.05, 3.63) is 91.4 Å². The molecule has 36 heavy (non-hydrogen) atoms. The van der Waals surface area contributed by atoms with E-state index in [1.165, 1.54) is 23.3 Å². The molecule has 0 saturated carbocycles. The SMILES string of the molecule is O=C(COc1ccc(C2SCCS2)cc1)N/N=C\c1cc(Cl)c(OCc2ccc(Cl)c(Cl)c2)c(Cl)c1. The summed E-state index contributed by atoms with van der Waals surface area (Å²) >= 11 is 28.5. The van der Waals surface area contributed by atoms with E-state index in [4.69, 9.17) is 55.9 Å². The molecule has 1 aliphatic rings. The average molecular weight is 602 g/mol. The van der Waals surface area contributed by atoms with Gasteiger partial charge in [0.1, 0.15) is 12.4 Å². The van der Waals surface area contributed by atoms with Crippen LogP contribution in [0, 0.1) is 0 Å². The van der Waals surface area contributed by atoms with E-state index in [9.17, 15) is 4.79 Å². The van der Waals surface area contributed by atoms with Crippen molar-refractivity contribution in [2.45, 2.75) is 11.2 Å². The minimum absolute atomic E-state index is 0.160. The summed E-state index contributed by atoms with van der Waals surface area (Å²) in [6.45, 7) is 0.0493. The van der Waals surface area contributed by atoms with E-state index in [1.807, 2.05) is 47.8 Å². The highest BCUT2D eigenvalue weighted by molar-refractivity contribution is 8.19. The Balaban J connectivity index is 1.26. The van der Waals surface area contributed by atoms with Gasteiger partial charge in [0.15, 0.2) is 12.4 Å². The van der Waals surface area contributed by atoms with Gasteiger partial charge in [0.25, 0.3) is 5.91 Å². The zero-order chi connectivity index (χ0) is 25.5. The maximum Gasteiger partial charge on any atom is 0.277 e. The summed E-state index contributed by atoms with van der Waals surface area (Å²) in [4.78, 5) is 12.1. The van der Waals surface area contributed by atoms with Gasteiger partial charge in [-0.2, -0.15) is 5.10 Å². The summed E-state index contributed by atoms with van der Waals surface area (Å²) in [6.07, 6.45) is 1.43. The van der Waals surface area contributed by atoms with Crippen molar-refractivity contribution in [2.24, 2.45) is 5.10 Å². The maximum absolute atomic E-state index is 12.1. The van der Waals surface area contributed by atoms with E-state index in [1.54, 1.807) is 30.3 Å². The zero-order valence-electron chi connectivity index (χ0n) is 18.7. The van der Waals surface area contributed by atoms with Crippen LogP contribution in [0.3, 0.4) is 0 Å². The number of thioether (sulfide) groups is 2. The molecule has 188 valence electrons. The Morgan fingerprint density at radius 2 is 1.61 bits per heavy atom. The number of benzene rings is 3. The molecule has 3 aromatic rings. The molecule has 0 atom stereocenters. The second-order valence-corrected chi connectivity index (χ2v) is 11.9. The Bertz CT molecular complexity index is 1230. The standard InChI is InChI=1S/C25H20Cl4N2O3S2/c26-19-6-1-15(9-20(19)27)13-34-24-21(28)10-16(11-22(24)29)12-30-31-23(32)14-33-18-4-2-17(3-5-18)25-35-7-8-36-25/h1-6,9-12,25H,7-8,13-14H2,(H,31,32)/b30-12-. The van der Waals surface area contributed by atoms with Gasteiger partial charge in [-0.25, -0.2) is 5.43 Å². The van der Waals surface area contributed by atoms with E-state index in [0.717, 1.165) is 5.56 Å². The van der Waals surface area contributed by atoms with Crippen LogP contribution >= 0.6 is 69.9 Å². The normalized spacial score (nSPS) is 13.8. The Labute approximate surface area is 237 Å². The van der Waals surface area contributed by atoms with Gasteiger partial charge in [0.05, 0.1) is 30.9 Å². The number of amides is 1. The number of nitrogens with zero attached hydrogens (tertiary/aromatic N) is 1. The molecule has 3 aromatic carbocycles. The predicted octanol–water partition coefficient (Wildman–Crippen LogP) is 7.89. The van der Waals surface area contributed by atoms with Crippen LogP contribution in [0.2, 0.25) is 20.1 Å². The lowest BCUT2D eigenvalue weighted by atomic mass is 10.2. The van der Waals surface area contributed by atoms with Gasteiger partial charge >= 0.3 is 0 Å². The number of nitrogens with one attached hydrogen (secondary N) is 1. The molecular weight excluding hydrogens is 582 g/mol. The number of ether oxygens (including phenoxy) is 2. The number of hydrogen-bond donors (Lipinski definition) is 1. The van der Waals surface area contributed by atoms with E-state index < -0.39 is 5.91 Å². The zero-order valence-corrected chi connectivity index (χ0v) is 23.3. The fourth-order valence-corrected chi connectivity index (χ4v) is 7.00. The van der Waals surface area contributed by atoms with E-state index in [0.29, 0.717) is 41.7 Å². The summed E-state index contributed by atoms with van der Waals surface area (Å²) in [5, 5.41) is 5.45. The van der Waals surface area contributed by atoms with E-state index >= 15 is 0 Å². The monoisotopic (exact) mass is 600 g/mol. The Morgan fingerprint density at radius 3 is 2.28 bits per heavy atom. The molecule has 1 N–H and O–H groups in total. The van der Waals surface area contributed by atoms with Gasteiger partial charge in [0.2, 0.25) is 0 Å². The topological polar surface area (TPSA) is 59.9 Å². The third-order valence-corrected chi connectivity index (χ3v) is 9.34. The highest BCUT2D eigenvalue weighted by Gasteiger charge is 2.18. The van der Waals surface area contributed by atoms with Crippen LogP contribution in [0.5, 0.6) is 11.5 Å². The molecule has 0 spiro atoms. The molecule has 1 aliphatic heterocycles. The number of carbonyl (C=O) groups excluding carboxylic acids is 1. The Morgan fingerprint density at radius 1 is 0.917 bits per heavy atom. The van der Waals surface area contributed by atoms with Crippen molar-refractivity contribution >= 4 is 82.0 Å². The molecule has 0 bridgehead atoms. The number of carbonyl (C=O) groups is 1. The molecule has 0 aromatic heterocycles. The van der Waals surface area contributed by atoms with Gasteiger partial charge in [0, 0.05) is 11.5 Å². The lowest BCUT2D eigenvalue weighted by Gasteiger charge is -2.11. The number of halogens is 4. The molecule has 1 saturated heterocycles. The smallest absolute Gasteiger partial charge is 0.277 e. The summed E-state index contributed by atoms with van der Waals surface area (Å²) in [6, 6.07) is 16.3. The lowest BCUT2D eigenvalue weighted by molar-refractivity contribution is -0.123. The fraction of sp³-hybridized carbons (Fsp3) is 0.200. The summed E-state index contributed by atoms with van der Waals surface area (Å²) < 4.78 is 11.8. The molecular formula is C25H20Cl4N2O3S2. The third kappa shape index (κ3) is 7.63. The van der Waals surface area contributed by atoms with Gasteiger partial charge in [-0.15, -0.1) is 23.5 Å². The van der Waals surface area contributed by atoms with E-state index in [2.05, 4.69) is 10.5 Å². The fourth-order valence-electron chi connectivity index (χ4n) is 3.21. The van der Waals surface area contributed by atoms with Gasteiger partial charge in [-0.3, -0.25) is 4.79 Å². The van der Waals surface area contributed by atoms with Crippen LogP contribution in [-0.2, 0) is 11.4 Å². The van der Waals surface area contributed by atoms with Gasteiger partial charge < -0.3 is 9.47 Å². The van der Waals surface area contributed by atoms with Crippen molar-refractivity contribution in [3.8, 4) is 11.5 Å². The Kier molecular flexibility index (Phi) is 9.99. The van der Waals surface area contributed by atoms with Crippen LogP contribution in [0.15, 0.2) is 59.7 Å². The molecule has 4 rings (SSSR count). The van der Waals surface area contributed by atoms with Crippen molar-refractivity contribution in [1.82, 2.24) is 5.43 Å². The van der Waals surface area contributed by atoms with Gasteiger partial charge in [-0.05, 0) is 53.1 Å². The molecule has 11 heteroatoms. The number of hydrogen-bond acceptors (Lipinski definition) is 6. The molecule has 1 amide bonds. The summed E-state index contributed by atoms with van der Waals surface area (Å²) in [5.74, 6) is 2.90. The molecule has 1 heterocycles. The van der Waals surface area contributed by atoms with Crippen LogP contribution in [-0.4, -0.2) is 30.2 Å². The number of hydrazone groups is 1. The first-order valence-corrected chi connectivity index (χ1v) is 14.3. The highest BCUT2D eigenvalue weighted by Crippen LogP contribution is 2.45. The highest BCUT2D eigenvalue weighted by atomic mass is 35.5. The maximum atomic E-state index is 12.1. The second kappa shape index (κ2) is 13.2. The van der Waals surface area contributed by atoms with Crippen molar-refractivity contribution in [1.29, 1.82) is 0 Å². The molecule has 1 fully saturated rings. The minimum atomic E-state index is -0.393. The summed E-state index contributed by atoms with van der Waals surface area (Å²) in [7, 11) is 0. The van der Waals surface area contributed by atoms with Crippen LogP contribution < -0.4 is 14.9 Å². The molecule has 5 nitrogen and oxygen atoms in total. The van der Waals surface area contributed by atoms with Crippen LogP contribution in [0.1, 0.15) is 21.3 Å².